The van der Waals surface area contributed by atoms with Crippen LogP contribution in [0, 0.1) is 13.8 Å². The minimum absolute atomic E-state index is 0.165. The molecule has 0 saturated heterocycles. The van der Waals surface area contributed by atoms with E-state index in [1.54, 1.807) is 13.0 Å². The number of carbonyl (C=O) groups excluding carboxylic acids is 1. The molecule has 0 atom stereocenters. The molecule has 0 aliphatic carbocycles. The Morgan fingerprint density at radius 2 is 1.91 bits per heavy atom. The van der Waals surface area contributed by atoms with E-state index in [9.17, 15) is 4.79 Å². The molecule has 0 spiro atoms. The van der Waals surface area contributed by atoms with Crippen molar-refractivity contribution in [2.75, 3.05) is 5.32 Å². The molecule has 4 heteroatoms. The highest BCUT2D eigenvalue weighted by Crippen LogP contribution is 2.11. The number of benzene rings is 1. The molecule has 1 aromatic heterocycles. The fraction of sp³-hybridized carbons (Fsp3) is 0.278. The van der Waals surface area contributed by atoms with Gasteiger partial charge in [0, 0.05) is 17.3 Å². The van der Waals surface area contributed by atoms with Crippen molar-refractivity contribution in [1.29, 1.82) is 0 Å². The van der Waals surface area contributed by atoms with E-state index < -0.39 is 0 Å². The molecule has 0 unspecified atom stereocenters. The van der Waals surface area contributed by atoms with Crippen molar-refractivity contribution in [3.05, 3.63) is 59.1 Å². The quantitative estimate of drug-likeness (QED) is 0.901. The monoisotopic (exact) mass is 295 g/mol. The maximum atomic E-state index is 12.2. The first-order valence-corrected chi connectivity index (χ1v) is 7.48. The van der Waals surface area contributed by atoms with Gasteiger partial charge in [-0.2, -0.15) is 0 Å². The molecule has 2 aromatic rings. The van der Waals surface area contributed by atoms with Gasteiger partial charge >= 0.3 is 0 Å². The van der Waals surface area contributed by atoms with E-state index in [1.165, 1.54) is 0 Å². The third-order valence-electron chi connectivity index (χ3n) is 3.15. The molecule has 2 rings (SSSR count). The Balaban J connectivity index is 2.06. The Bertz CT molecular complexity index is 655. The summed E-state index contributed by atoms with van der Waals surface area (Å²) in [4.78, 5) is 20.6. The Morgan fingerprint density at radius 1 is 1.18 bits per heavy atom. The number of unbranched alkanes of at least 4 members (excludes halogenated alkanes) is 1. The fourth-order valence-corrected chi connectivity index (χ4v) is 2.10. The SMILES string of the molecule is CCCC=Cc1ccc(C(=O)Nc2cc(C)nc(C)n2)cc1. The normalized spacial score (nSPS) is 10.9. The van der Waals surface area contributed by atoms with E-state index in [0.29, 0.717) is 17.2 Å². The van der Waals surface area contributed by atoms with Gasteiger partial charge in [0.15, 0.2) is 0 Å². The summed E-state index contributed by atoms with van der Waals surface area (Å²) >= 11 is 0. The van der Waals surface area contributed by atoms with Gasteiger partial charge in [0.1, 0.15) is 11.6 Å². The zero-order valence-corrected chi connectivity index (χ0v) is 13.3. The zero-order valence-electron chi connectivity index (χ0n) is 13.3. The van der Waals surface area contributed by atoms with E-state index in [-0.39, 0.29) is 5.91 Å². The summed E-state index contributed by atoms with van der Waals surface area (Å²) in [6.07, 6.45) is 6.41. The van der Waals surface area contributed by atoms with E-state index in [1.807, 2.05) is 31.2 Å². The molecule has 1 amide bonds. The van der Waals surface area contributed by atoms with Gasteiger partial charge in [-0.3, -0.25) is 4.79 Å². The largest absolute Gasteiger partial charge is 0.306 e. The van der Waals surface area contributed by atoms with Crippen LogP contribution < -0.4 is 5.32 Å². The number of nitrogens with zero attached hydrogens (tertiary/aromatic N) is 2. The number of hydrogen-bond donors (Lipinski definition) is 1. The first kappa shape index (κ1) is 15.9. The van der Waals surface area contributed by atoms with Crippen molar-refractivity contribution in [3.63, 3.8) is 0 Å². The highest BCUT2D eigenvalue weighted by molar-refractivity contribution is 6.03. The third-order valence-corrected chi connectivity index (χ3v) is 3.15. The second kappa shape index (κ2) is 7.50. The third kappa shape index (κ3) is 4.52. The minimum atomic E-state index is -0.165. The van der Waals surface area contributed by atoms with Crippen LogP contribution in [0.2, 0.25) is 0 Å². The average Bonchev–Trinajstić information content (AvgIpc) is 2.47. The van der Waals surface area contributed by atoms with Crippen LogP contribution in [0.3, 0.4) is 0 Å². The summed E-state index contributed by atoms with van der Waals surface area (Å²) in [7, 11) is 0. The molecular weight excluding hydrogens is 274 g/mol. The minimum Gasteiger partial charge on any atom is -0.306 e. The molecule has 22 heavy (non-hydrogen) atoms. The maximum Gasteiger partial charge on any atom is 0.256 e. The second-order valence-electron chi connectivity index (χ2n) is 5.21. The first-order chi connectivity index (χ1) is 10.6. The number of amides is 1. The average molecular weight is 295 g/mol. The molecule has 1 heterocycles. The maximum absolute atomic E-state index is 12.2. The van der Waals surface area contributed by atoms with Crippen molar-refractivity contribution < 1.29 is 4.79 Å². The van der Waals surface area contributed by atoms with Crippen LogP contribution in [0.1, 0.15) is 47.2 Å². The number of anilines is 1. The van der Waals surface area contributed by atoms with Crippen LogP contribution in [-0.2, 0) is 0 Å². The summed E-state index contributed by atoms with van der Waals surface area (Å²) in [6.45, 7) is 5.83. The molecule has 1 N–H and O–H groups in total. The van der Waals surface area contributed by atoms with Crippen molar-refractivity contribution in [2.24, 2.45) is 0 Å². The van der Waals surface area contributed by atoms with Gasteiger partial charge in [-0.15, -0.1) is 0 Å². The fourth-order valence-electron chi connectivity index (χ4n) is 2.10. The zero-order chi connectivity index (χ0) is 15.9. The molecule has 0 bridgehead atoms. The van der Waals surface area contributed by atoms with Crippen LogP contribution in [-0.4, -0.2) is 15.9 Å². The lowest BCUT2D eigenvalue weighted by Crippen LogP contribution is -2.13. The number of aryl methyl sites for hydroxylation is 2. The Labute approximate surface area is 131 Å². The lowest BCUT2D eigenvalue weighted by Gasteiger charge is -2.06. The molecule has 0 aliphatic heterocycles. The Kier molecular flexibility index (Phi) is 5.42. The van der Waals surface area contributed by atoms with Gasteiger partial charge in [0.05, 0.1) is 0 Å². The number of hydrogen-bond acceptors (Lipinski definition) is 3. The van der Waals surface area contributed by atoms with Gasteiger partial charge < -0.3 is 5.32 Å². The summed E-state index contributed by atoms with van der Waals surface area (Å²) in [5, 5.41) is 2.80. The lowest BCUT2D eigenvalue weighted by atomic mass is 10.1. The summed E-state index contributed by atoms with van der Waals surface area (Å²) in [5.41, 5.74) is 2.54. The highest BCUT2D eigenvalue weighted by Gasteiger charge is 2.07. The van der Waals surface area contributed by atoms with Crippen LogP contribution in [0.5, 0.6) is 0 Å². The molecule has 0 radical (unpaired) electrons. The number of aromatic nitrogens is 2. The molecular formula is C18H21N3O. The topological polar surface area (TPSA) is 54.9 Å². The van der Waals surface area contributed by atoms with Crippen LogP contribution in [0.15, 0.2) is 36.4 Å². The number of rotatable bonds is 5. The van der Waals surface area contributed by atoms with E-state index in [0.717, 1.165) is 24.1 Å². The van der Waals surface area contributed by atoms with Crippen LogP contribution in [0.25, 0.3) is 6.08 Å². The Hall–Kier alpha value is -2.49. The van der Waals surface area contributed by atoms with Gasteiger partial charge in [-0.05, 0) is 38.0 Å². The standard InChI is InChI=1S/C18H21N3O/c1-4-5-6-7-15-8-10-16(11-9-15)18(22)21-17-12-13(2)19-14(3)20-17/h6-12H,4-5H2,1-3H3,(H,19,20,21,22). The van der Waals surface area contributed by atoms with Crippen LogP contribution >= 0.6 is 0 Å². The van der Waals surface area contributed by atoms with E-state index >= 15 is 0 Å². The summed E-state index contributed by atoms with van der Waals surface area (Å²) in [5.74, 6) is 1.01. The molecule has 0 saturated carbocycles. The number of allylic oxidation sites excluding steroid dienone is 1. The van der Waals surface area contributed by atoms with Gasteiger partial charge in [-0.25, -0.2) is 9.97 Å². The summed E-state index contributed by atoms with van der Waals surface area (Å²) < 4.78 is 0. The molecule has 114 valence electrons. The Morgan fingerprint density at radius 3 is 2.55 bits per heavy atom. The van der Waals surface area contributed by atoms with Gasteiger partial charge in [0.25, 0.3) is 5.91 Å². The summed E-state index contributed by atoms with van der Waals surface area (Å²) in [6, 6.07) is 9.28. The van der Waals surface area contributed by atoms with Crippen molar-refractivity contribution in [2.45, 2.75) is 33.6 Å². The molecule has 0 fully saturated rings. The highest BCUT2D eigenvalue weighted by atomic mass is 16.1. The van der Waals surface area contributed by atoms with Crippen molar-refractivity contribution in [1.82, 2.24) is 9.97 Å². The van der Waals surface area contributed by atoms with Crippen molar-refractivity contribution in [3.8, 4) is 0 Å². The predicted molar refractivity (Wildman–Crippen MR) is 89.8 cm³/mol. The second-order valence-corrected chi connectivity index (χ2v) is 5.21. The molecule has 0 aliphatic rings. The van der Waals surface area contributed by atoms with Gasteiger partial charge in [-0.1, -0.05) is 37.6 Å². The molecule has 4 nitrogen and oxygen atoms in total. The predicted octanol–water partition coefficient (Wildman–Crippen LogP) is 4.16. The number of nitrogens with one attached hydrogen (secondary N) is 1. The number of carbonyl (C=O) groups is 1. The first-order valence-electron chi connectivity index (χ1n) is 7.48. The van der Waals surface area contributed by atoms with E-state index in [2.05, 4.69) is 34.4 Å². The lowest BCUT2D eigenvalue weighted by molar-refractivity contribution is 0.102. The van der Waals surface area contributed by atoms with Crippen molar-refractivity contribution >= 4 is 17.8 Å². The van der Waals surface area contributed by atoms with E-state index in [4.69, 9.17) is 0 Å². The van der Waals surface area contributed by atoms with Gasteiger partial charge in [0.2, 0.25) is 0 Å². The molecule has 1 aromatic carbocycles. The van der Waals surface area contributed by atoms with Crippen LogP contribution in [0.4, 0.5) is 5.82 Å². The smallest absolute Gasteiger partial charge is 0.256 e.